The van der Waals surface area contributed by atoms with Crippen molar-refractivity contribution in [2.45, 2.75) is 62.6 Å². The number of hydrogen-bond donors (Lipinski definition) is 1. The molecule has 4 aromatic rings. The number of nitrogens with zero attached hydrogens (tertiary/aromatic N) is 2. The van der Waals surface area contributed by atoms with Gasteiger partial charge in [0.25, 0.3) is 10.0 Å². The molecule has 0 saturated heterocycles. The molecule has 4 aromatic carbocycles. The molecule has 7 nitrogen and oxygen atoms in total. The van der Waals surface area contributed by atoms with Gasteiger partial charge in [0.1, 0.15) is 12.6 Å². The van der Waals surface area contributed by atoms with E-state index in [0.29, 0.717) is 21.3 Å². The highest BCUT2D eigenvalue weighted by Crippen LogP contribution is 2.28. The van der Waals surface area contributed by atoms with Crippen LogP contribution in [0.1, 0.15) is 42.4 Å². The van der Waals surface area contributed by atoms with Crippen LogP contribution in [0.3, 0.4) is 0 Å². The monoisotopic (exact) mass is 677 g/mol. The van der Waals surface area contributed by atoms with Gasteiger partial charge in [0, 0.05) is 19.0 Å². The molecule has 2 amide bonds. The number of aryl methyl sites for hydroxylation is 1. The number of hydrogen-bond acceptors (Lipinski definition) is 4. The molecule has 0 radical (unpaired) electrons. The number of benzene rings is 4. The van der Waals surface area contributed by atoms with Crippen molar-refractivity contribution in [2.75, 3.05) is 10.8 Å². The maximum atomic E-state index is 14.6. The quantitative estimate of drug-likeness (QED) is 0.172. The summed E-state index contributed by atoms with van der Waals surface area (Å²) in [4.78, 5) is 30.2. The van der Waals surface area contributed by atoms with Crippen LogP contribution < -0.4 is 9.62 Å². The lowest BCUT2D eigenvalue weighted by atomic mass is 10.0. The van der Waals surface area contributed by atoms with Crippen LogP contribution in [0.15, 0.2) is 108 Å². The maximum absolute atomic E-state index is 14.6. The maximum Gasteiger partial charge on any atom is 0.264 e. The Balaban J connectivity index is 1.57. The Morgan fingerprint density at radius 2 is 1.50 bits per heavy atom. The summed E-state index contributed by atoms with van der Waals surface area (Å²) in [5.41, 5.74) is 2.71. The third-order valence-electron chi connectivity index (χ3n) is 8.21. The molecule has 1 fully saturated rings. The second kappa shape index (κ2) is 15.2. The van der Waals surface area contributed by atoms with Gasteiger partial charge in [0.15, 0.2) is 0 Å². The number of carbonyl (C=O) groups is 2. The topological polar surface area (TPSA) is 86.8 Å². The zero-order valence-corrected chi connectivity index (χ0v) is 27.9. The van der Waals surface area contributed by atoms with E-state index in [1.54, 1.807) is 54.6 Å². The largest absolute Gasteiger partial charge is 0.352 e. The number of anilines is 1. The summed E-state index contributed by atoms with van der Waals surface area (Å²) in [5, 5.41) is 3.86. The van der Waals surface area contributed by atoms with Gasteiger partial charge in [-0.3, -0.25) is 13.9 Å². The van der Waals surface area contributed by atoms with E-state index >= 15 is 0 Å². The van der Waals surface area contributed by atoms with E-state index in [0.717, 1.165) is 41.1 Å². The molecule has 1 atom stereocenters. The molecule has 1 unspecified atom stereocenters. The SMILES string of the molecule is Cc1cccc(N(CC(=O)N(Cc2ccc(Cl)c(Cl)c2)C(Cc2ccccc2)C(=O)NC2CCCC2)S(=O)(=O)c2ccccc2)c1. The van der Waals surface area contributed by atoms with Crippen molar-refractivity contribution in [2.24, 2.45) is 0 Å². The highest BCUT2D eigenvalue weighted by molar-refractivity contribution is 7.92. The Hall–Kier alpha value is -3.85. The summed E-state index contributed by atoms with van der Waals surface area (Å²) in [5.74, 6) is -0.813. The van der Waals surface area contributed by atoms with Gasteiger partial charge in [-0.05, 0) is 72.9 Å². The Bertz CT molecular complexity index is 1760. The van der Waals surface area contributed by atoms with Gasteiger partial charge < -0.3 is 10.2 Å². The van der Waals surface area contributed by atoms with Gasteiger partial charge in [-0.15, -0.1) is 0 Å². The molecule has 0 aromatic heterocycles. The smallest absolute Gasteiger partial charge is 0.264 e. The van der Waals surface area contributed by atoms with E-state index in [9.17, 15) is 18.0 Å². The molecule has 0 aliphatic heterocycles. The molecule has 46 heavy (non-hydrogen) atoms. The van der Waals surface area contributed by atoms with Crippen molar-refractivity contribution in [1.82, 2.24) is 10.2 Å². The number of carbonyl (C=O) groups excluding carboxylic acids is 2. The Labute approximate surface area is 281 Å². The van der Waals surface area contributed by atoms with Crippen LogP contribution in [0.25, 0.3) is 0 Å². The summed E-state index contributed by atoms with van der Waals surface area (Å²) in [7, 11) is -4.16. The van der Waals surface area contributed by atoms with Gasteiger partial charge in [0.05, 0.1) is 20.6 Å². The third kappa shape index (κ3) is 8.29. The second-order valence-electron chi connectivity index (χ2n) is 11.6. The fourth-order valence-electron chi connectivity index (χ4n) is 5.79. The molecule has 10 heteroatoms. The molecule has 1 saturated carbocycles. The molecule has 0 bridgehead atoms. The van der Waals surface area contributed by atoms with E-state index in [-0.39, 0.29) is 29.8 Å². The molecule has 0 spiro atoms. The van der Waals surface area contributed by atoms with E-state index in [1.165, 1.54) is 17.0 Å². The van der Waals surface area contributed by atoms with Crippen LogP contribution in [-0.2, 0) is 32.6 Å². The van der Waals surface area contributed by atoms with Gasteiger partial charge in [-0.25, -0.2) is 8.42 Å². The normalized spacial score (nSPS) is 14.1. The summed E-state index contributed by atoms with van der Waals surface area (Å²) in [6.45, 7) is 1.35. The summed E-state index contributed by atoms with van der Waals surface area (Å²) >= 11 is 12.6. The Morgan fingerprint density at radius 3 is 2.15 bits per heavy atom. The van der Waals surface area contributed by atoms with Crippen molar-refractivity contribution in [3.8, 4) is 0 Å². The molecule has 0 heterocycles. The minimum atomic E-state index is -4.16. The lowest BCUT2D eigenvalue weighted by Gasteiger charge is -2.34. The van der Waals surface area contributed by atoms with Crippen LogP contribution in [0.2, 0.25) is 10.0 Å². The first-order valence-electron chi connectivity index (χ1n) is 15.3. The van der Waals surface area contributed by atoms with Gasteiger partial charge in [-0.2, -0.15) is 0 Å². The van der Waals surface area contributed by atoms with Crippen molar-refractivity contribution >= 4 is 50.7 Å². The van der Waals surface area contributed by atoms with E-state index in [1.807, 2.05) is 43.3 Å². The Morgan fingerprint density at radius 1 is 0.826 bits per heavy atom. The Kier molecular flexibility index (Phi) is 11.0. The first-order valence-corrected chi connectivity index (χ1v) is 17.5. The first-order chi connectivity index (χ1) is 22.1. The number of rotatable bonds is 12. The fourth-order valence-corrected chi connectivity index (χ4v) is 7.54. The molecule has 240 valence electrons. The summed E-state index contributed by atoms with van der Waals surface area (Å²) in [6, 6.07) is 28.7. The first kappa shape index (κ1) is 33.5. The molecule has 5 rings (SSSR count). The average molecular weight is 679 g/mol. The average Bonchev–Trinajstić information content (AvgIpc) is 3.57. The van der Waals surface area contributed by atoms with E-state index in [2.05, 4.69) is 5.32 Å². The molecular formula is C36H37Cl2N3O4S. The van der Waals surface area contributed by atoms with Crippen LogP contribution in [0.5, 0.6) is 0 Å². The van der Waals surface area contributed by atoms with Crippen LogP contribution in [0, 0.1) is 6.92 Å². The number of amides is 2. The molecular weight excluding hydrogens is 641 g/mol. The second-order valence-corrected chi connectivity index (χ2v) is 14.3. The number of halogens is 2. The van der Waals surface area contributed by atoms with Crippen molar-refractivity contribution < 1.29 is 18.0 Å². The minimum Gasteiger partial charge on any atom is -0.352 e. The van der Waals surface area contributed by atoms with Crippen molar-refractivity contribution in [1.29, 1.82) is 0 Å². The highest BCUT2D eigenvalue weighted by Gasteiger charge is 2.35. The molecule has 1 aliphatic rings. The number of nitrogens with one attached hydrogen (secondary N) is 1. The number of sulfonamides is 1. The fraction of sp³-hybridized carbons (Fsp3) is 0.278. The van der Waals surface area contributed by atoms with E-state index in [4.69, 9.17) is 23.2 Å². The van der Waals surface area contributed by atoms with Gasteiger partial charge >= 0.3 is 0 Å². The predicted octanol–water partition coefficient (Wildman–Crippen LogP) is 7.20. The van der Waals surface area contributed by atoms with Crippen LogP contribution >= 0.6 is 23.2 Å². The highest BCUT2D eigenvalue weighted by atomic mass is 35.5. The minimum absolute atomic E-state index is 0.0123. The van der Waals surface area contributed by atoms with Gasteiger partial charge in [-0.1, -0.05) is 103 Å². The molecule has 1 N–H and O–H groups in total. The van der Waals surface area contributed by atoms with E-state index < -0.39 is 28.5 Å². The van der Waals surface area contributed by atoms with Crippen LogP contribution in [0.4, 0.5) is 5.69 Å². The summed E-state index contributed by atoms with van der Waals surface area (Å²) < 4.78 is 29.3. The van der Waals surface area contributed by atoms with Crippen LogP contribution in [-0.4, -0.2) is 43.8 Å². The zero-order valence-electron chi connectivity index (χ0n) is 25.6. The lowest BCUT2D eigenvalue weighted by Crippen LogP contribution is -2.54. The summed E-state index contributed by atoms with van der Waals surface area (Å²) in [6.07, 6.45) is 4.05. The molecule has 1 aliphatic carbocycles. The third-order valence-corrected chi connectivity index (χ3v) is 10.7. The van der Waals surface area contributed by atoms with Crippen molar-refractivity contribution in [3.63, 3.8) is 0 Å². The zero-order chi connectivity index (χ0) is 32.7. The lowest BCUT2D eigenvalue weighted by molar-refractivity contribution is -0.140. The standard InChI is InChI=1S/C36H37Cl2N3O4S/c1-26-11-10-16-30(21-26)41(46(44,45)31-17-6-3-7-18-31)25-35(42)40(24-28-19-20-32(37)33(38)22-28)34(23-27-12-4-2-5-13-27)36(43)39-29-14-8-9-15-29/h2-7,10-13,16-22,29,34H,8-9,14-15,23-25H2,1H3,(H,39,43). The van der Waals surface area contributed by atoms with Gasteiger partial charge in [0.2, 0.25) is 11.8 Å². The predicted molar refractivity (Wildman–Crippen MR) is 183 cm³/mol. The van der Waals surface area contributed by atoms with Crippen molar-refractivity contribution in [3.05, 3.63) is 130 Å².